The lowest BCUT2D eigenvalue weighted by Crippen LogP contribution is -2.34. The lowest BCUT2D eigenvalue weighted by molar-refractivity contribution is 0.589. The molecule has 3 aromatic carbocycles. The number of nitrogens with zero attached hydrogens (tertiary/aromatic N) is 2. The van der Waals surface area contributed by atoms with Crippen LogP contribution in [0.25, 0.3) is 45.0 Å². The molecule has 0 fully saturated rings. The molecule has 7 rings (SSSR count). The number of pyridine rings is 1. The zero-order valence-corrected chi connectivity index (χ0v) is 23.5. The average molecular weight is 508 g/mol. The summed E-state index contributed by atoms with van der Waals surface area (Å²) in [4.78, 5) is 10.6. The molecule has 4 heterocycles. The van der Waals surface area contributed by atoms with Crippen molar-refractivity contribution in [3.8, 4) is 33.6 Å². The van der Waals surface area contributed by atoms with E-state index in [1.54, 1.807) is 0 Å². The molecule has 8 bridgehead atoms. The van der Waals surface area contributed by atoms with Gasteiger partial charge in [-0.15, -0.1) is 0 Å². The molecule has 0 radical (unpaired) electrons. The monoisotopic (exact) mass is 507 g/mol. The molecule has 0 saturated carbocycles. The van der Waals surface area contributed by atoms with Crippen molar-refractivity contribution in [2.75, 3.05) is 0 Å². The topological polar surface area (TPSA) is 37.3 Å². The van der Waals surface area contributed by atoms with Crippen LogP contribution in [0.5, 0.6) is 0 Å². The number of hydrogen-bond acceptors (Lipinski definition) is 3. The fourth-order valence-corrected chi connectivity index (χ4v) is 5.68. The van der Waals surface area contributed by atoms with Crippen molar-refractivity contribution in [2.24, 2.45) is 4.99 Å². The summed E-state index contributed by atoms with van der Waals surface area (Å²) in [5, 5.41) is 5.92. The lowest BCUT2D eigenvalue weighted by Gasteiger charge is -2.23. The number of hydrogen-bond donors (Lipinski definition) is 1. The number of benzene rings is 3. The number of dihydropyridines is 1. The SMILES string of the molecule is CC(C)(C)c1cc2c3c(c1)-c1cc(C(C)(C)C)cc(c1=N3)=C1C=CC=C(N1)c1cccc(c1)-c1cccc-2n1. The van der Waals surface area contributed by atoms with Gasteiger partial charge >= 0.3 is 0 Å². The summed E-state index contributed by atoms with van der Waals surface area (Å²) in [7, 11) is 0. The molecule has 0 aliphatic carbocycles. The summed E-state index contributed by atoms with van der Waals surface area (Å²) in [6, 6.07) is 24.3. The molecular weight excluding hydrogens is 474 g/mol. The molecule has 3 heteroatoms. The highest BCUT2D eigenvalue weighted by Crippen LogP contribution is 2.44. The first kappa shape index (κ1) is 23.8. The molecule has 3 aliphatic heterocycles. The van der Waals surface area contributed by atoms with Gasteiger partial charge in [-0.1, -0.05) is 71.9 Å². The maximum Gasteiger partial charge on any atom is 0.0810 e. The van der Waals surface area contributed by atoms with E-state index in [1.165, 1.54) is 22.3 Å². The Morgan fingerprint density at radius 3 is 2.13 bits per heavy atom. The summed E-state index contributed by atoms with van der Waals surface area (Å²) in [5.41, 5.74) is 13.3. The molecule has 1 aromatic heterocycles. The molecule has 192 valence electrons. The molecule has 3 aliphatic rings. The maximum absolute atomic E-state index is 5.39. The zero-order valence-electron chi connectivity index (χ0n) is 23.5. The quantitative estimate of drug-likeness (QED) is 0.235. The third-order valence-electron chi connectivity index (χ3n) is 8.05. The largest absolute Gasteiger partial charge is 0.354 e. The van der Waals surface area contributed by atoms with Gasteiger partial charge in [0.25, 0.3) is 0 Å². The highest BCUT2D eigenvalue weighted by Gasteiger charge is 2.27. The maximum atomic E-state index is 5.39. The summed E-state index contributed by atoms with van der Waals surface area (Å²) in [5.74, 6) is 0. The Kier molecular flexibility index (Phi) is 4.97. The Bertz CT molecular complexity index is 1890. The molecule has 0 spiro atoms. The zero-order chi connectivity index (χ0) is 27.1. The van der Waals surface area contributed by atoms with Gasteiger partial charge in [0.1, 0.15) is 0 Å². The minimum absolute atomic E-state index is 0.0122. The van der Waals surface area contributed by atoms with Gasteiger partial charge in [-0.3, -0.25) is 0 Å². The predicted octanol–water partition coefficient (Wildman–Crippen LogP) is 7.56. The number of aromatic nitrogens is 1. The van der Waals surface area contributed by atoms with Crippen LogP contribution < -0.4 is 15.9 Å². The lowest BCUT2D eigenvalue weighted by atomic mass is 9.81. The van der Waals surface area contributed by atoms with Crippen LogP contribution in [-0.4, -0.2) is 4.98 Å². The fraction of sp³-hybridized carbons (Fsp3) is 0.222. The molecule has 1 N–H and O–H groups in total. The van der Waals surface area contributed by atoms with Crippen LogP contribution in [0.15, 0.2) is 90.0 Å². The van der Waals surface area contributed by atoms with Gasteiger partial charge < -0.3 is 5.32 Å². The van der Waals surface area contributed by atoms with Gasteiger partial charge in [0, 0.05) is 38.9 Å². The van der Waals surface area contributed by atoms with E-state index in [4.69, 9.17) is 9.98 Å². The van der Waals surface area contributed by atoms with Gasteiger partial charge in [0.15, 0.2) is 0 Å². The van der Waals surface area contributed by atoms with Crippen LogP contribution in [-0.2, 0) is 10.8 Å². The molecule has 4 aromatic rings. The van der Waals surface area contributed by atoms with Gasteiger partial charge in [-0.2, -0.15) is 0 Å². The van der Waals surface area contributed by atoms with E-state index in [1.807, 2.05) is 0 Å². The summed E-state index contributed by atoms with van der Waals surface area (Å²) in [6.07, 6.45) is 6.46. The van der Waals surface area contributed by atoms with E-state index in [2.05, 4.69) is 132 Å². The molecule has 39 heavy (non-hydrogen) atoms. The van der Waals surface area contributed by atoms with E-state index in [0.29, 0.717) is 0 Å². The van der Waals surface area contributed by atoms with Gasteiger partial charge in [-0.25, -0.2) is 9.98 Å². The summed E-state index contributed by atoms with van der Waals surface area (Å²) < 4.78 is 0. The van der Waals surface area contributed by atoms with Crippen molar-refractivity contribution in [1.82, 2.24) is 10.3 Å². The van der Waals surface area contributed by atoms with Crippen LogP contribution >= 0.6 is 0 Å². The Balaban J connectivity index is 1.67. The second kappa shape index (κ2) is 8.13. The van der Waals surface area contributed by atoms with Crippen molar-refractivity contribution in [3.63, 3.8) is 0 Å². The van der Waals surface area contributed by atoms with Gasteiger partial charge in [-0.05, 0) is 82.1 Å². The minimum atomic E-state index is -0.0199. The Morgan fingerprint density at radius 1 is 0.667 bits per heavy atom. The highest BCUT2D eigenvalue weighted by molar-refractivity contribution is 5.92. The van der Waals surface area contributed by atoms with Gasteiger partial charge in [0.2, 0.25) is 0 Å². The van der Waals surface area contributed by atoms with Crippen molar-refractivity contribution in [2.45, 2.75) is 52.4 Å². The van der Waals surface area contributed by atoms with Crippen molar-refractivity contribution in [3.05, 3.63) is 112 Å². The van der Waals surface area contributed by atoms with Crippen LogP contribution in [0.4, 0.5) is 5.69 Å². The van der Waals surface area contributed by atoms with E-state index in [9.17, 15) is 0 Å². The van der Waals surface area contributed by atoms with Crippen LogP contribution in [0.2, 0.25) is 0 Å². The standard InChI is InChI=1S/C36H33N3/c1-35(2,3)23-17-25-26-18-24(36(4,5)6)20-28-32-15-9-13-30(38-32)22-11-7-10-21(16-22)29-12-8-14-31(37-29)27(19-23)33(25)39-34(26)28/h7-20,37H,1-6H3. The van der Waals surface area contributed by atoms with E-state index in [0.717, 1.165) is 55.7 Å². The highest BCUT2D eigenvalue weighted by atomic mass is 14.9. The molecule has 3 nitrogen and oxygen atoms in total. The Morgan fingerprint density at radius 2 is 1.33 bits per heavy atom. The number of allylic oxidation sites excluding steroid dienone is 2. The fourth-order valence-electron chi connectivity index (χ4n) is 5.68. The van der Waals surface area contributed by atoms with Crippen LogP contribution in [0.3, 0.4) is 0 Å². The normalized spacial score (nSPS) is 14.8. The predicted molar refractivity (Wildman–Crippen MR) is 162 cm³/mol. The first-order valence-corrected chi connectivity index (χ1v) is 13.8. The van der Waals surface area contributed by atoms with Crippen LogP contribution in [0.1, 0.15) is 58.2 Å². The molecule has 0 saturated heterocycles. The van der Waals surface area contributed by atoms with Crippen molar-refractivity contribution < 1.29 is 0 Å². The first-order valence-electron chi connectivity index (χ1n) is 13.8. The second-order valence-electron chi connectivity index (χ2n) is 12.9. The molecule has 0 amide bonds. The third kappa shape index (κ3) is 3.87. The molecule has 0 atom stereocenters. The second-order valence-corrected chi connectivity index (χ2v) is 12.9. The number of fused-ring (bicyclic) bond motifs is 10. The smallest absolute Gasteiger partial charge is 0.0810 e. The Labute approximate surface area is 230 Å². The van der Waals surface area contributed by atoms with E-state index in [-0.39, 0.29) is 10.8 Å². The molecule has 0 unspecified atom stereocenters. The number of nitrogens with one attached hydrogen (secondary N) is 1. The van der Waals surface area contributed by atoms with Gasteiger partial charge in [0.05, 0.1) is 22.4 Å². The number of rotatable bonds is 0. The van der Waals surface area contributed by atoms with Crippen molar-refractivity contribution >= 4 is 17.1 Å². The van der Waals surface area contributed by atoms with Crippen LogP contribution in [0, 0.1) is 0 Å². The minimum Gasteiger partial charge on any atom is -0.354 e. The first-order chi connectivity index (χ1) is 18.6. The third-order valence-corrected chi connectivity index (χ3v) is 8.05. The van der Waals surface area contributed by atoms with Crippen molar-refractivity contribution in [1.29, 1.82) is 0 Å². The summed E-state index contributed by atoms with van der Waals surface area (Å²) >= 11 is 0. The average Bonchev–Trinajstić information content (AvgIpc) is 3.30. The van der Waals surface area contributed by atoms with E-state index < -0.39 is 0 Å². The Hall–Kier alpha value is -4.24. The molecular formula is C36H33N3. The van der Waals surface area contributed by atoms with E-state index >= 15 is 0 Å². The summed E-state index contributed by atoms with van der Waals surface area (Å²) in [6.45, 7) is 13.7.